The Morgan fingerprint density at radius 1 is 0.725 bits per heavy atom. The number of benzene rings is 3. The van der Waals surface area contributed by atoms with Gasteiger partial charge in [-0.1, -0.05) is 32.0 Å². The van der Waals surface area contributed by atoms with Crippen LogP contribution >= 0.6 is 0 Å². The van der Waals surface area contributed by atoms with Crippen molar-refractivity contribution in [2.24, 2.45) is 5.92 Å². The van der Waals surface area contributed by atoms with E-state index in [1.54, 1.807) is 42.5 Å². The van der Waals surface area contributed by atoms with Crippen LogP contribution in [0.4, 0.5) is 0 Å². The summed E-state index contributed by atoms with van der Waals surface area (Å²) in [4.78, 5) is 49.2. The summed E-state index contributed by atoms with van der Waals surface area (Å²) in [5.41, 5.74) is 0.544. The fourth-order valence-electron chi connectivity index (χ4n) is 3.39. The molecule has 0 aromatic heterocycles. The van der Waals surface area contributed by atoms with Gasteiger partial charge >= 0.3 is 23.9 Å². The zero-order chi connectivity index (χ0) is 28.9. The minimum absolute atomic E-state index is 0.00913. The van der Waals surface area contributed by atoms with Gasteiger partial charge in [0.15, 0.2) is 0 Å². The molecule has 210 valence electrons. The van der Waals surface area contributed by atoms with E-state index < -0.39 is 17.9 Å². The van der Waals surface area contributed by atoms with Gasteiger partial charge in [-0.3, -0.25) is 4.79 Å². The molecule has 1 unspecified atom stereocenters. The molecule has 0 radical (unpaired) electrons. The Kier molecular flexibility index (Phi) is 11.3. The van der Waals surface area contributed by atoms with E-state index in [0.717, 1.165) is 6.42 Å². The van der Waals surface area contributed by atoms with Crippen LogP contribution in [0.15, 0.2) is 72.8 Å². The van der Waals surface area contributed by atoms with Crippen molar-refractivity contribution in [1.82, 2.24) is 0 Å². The lowest BCUT2D eigenvalue weighted by Crippen LogP contribution is -2.15. The molecule has 0 N–H and O–H groups in total. The molecule has 40 heavy (non-hydrogen) atoms. The molecule has 0 spiro atoms. The van der Waals surface area contributed by atoms with Gasteiger partial charge in [0.05, 0.1) is 37.4 Å². The highest BCUT2D eigenvalue weighted by Crippen LogP contribution is 2.27. The summed E-state index contributed by atoms with van der Waals surface area (Å²) < 4.78 is 26.5. The second-order valence-electron chi connectivity index (χ2n) is 8.85. The van der Waals surface area contributed by atoms with Gasteiger partial charge < -0.3 is 23.7 Å². The van der Waals surface area contributed by atoms with Crippen molar-refractivity contribution < 1.29 is 42.9 Å². The first-order valence-corrected chi connectivity index (χ1v) is 12.9. The Morgan fingerprint density at radius 2 is 1.35 bits per heavy atom. The number of unbranched alkanes of at least 4 members (excludes halogenated alkanes) is 1. The second-order valence-corrected chi connectivity index (χ2v) is 8.85. The van der Waals surface area contributed by atoms with Gasteiger partial charge in [-0.05, 0) is 67.8 Å². The Balaban J connectivity index is 1.57. The van der Waals surface area contributed by atoms with Gasteiger partial charge in [-0.2, -0.15) is 0 Å². The minimum atomic E-state index is -0.730. The van der Waals surface area contributed by atoms with E-state index in [9.17, 15) is 19.2 Å². The highest BCUT2D eigenvalue weighted by Gasteiger charge is 2.20. The second kappa shape index (κ2) is 15.1. The summed E-state index contributed by atoms with van der Waals surface area (Å²) in [5.74, 6) is -1.83. The number of carbonyl (C=O) groups excluding carboxylic acids is 4. The number of methoxy groups -OCH3 is 1. The SMILES string of the molecule is CCC(C)C(=O)OCCCCOc1ccc(C(=O)Oc2cc(OC(=O)c3ccccc3)ccc2C(=O)OC)cc1. The molecule has 0 aliphatic rings. The number of esters is 4. The quantitative estimate of drug-likeness (QED) is 0.152. The van der Waals surface area contributed by atoms with Crippen molar-refractivity contribution in [3.8, 4) is 17.2 Å². The van der Waals surface area contributed by atoms with Crippen LogP contribution in [0.5, 0.6) is 17.2 Å². The lowest BCUT2D eigenvalue weighted by atomic mass is 10.1. The van der Waals surface area contributed by atoms with Crippen LogP contribution in [0.2, 0.25) is 0 Å². The molecule has 0 saturated heterocycles. The van der Waals surface area contributed by atoms with E-state index in [2.05, 4.69) is 0 Å². The lowest BCUT2D eigenvalue weighted by molar-refractivity contribution is -0.148. The average molecular weight is 549 g/mol. The smallest absolute Gasteiger partial charge is 0.343 e. The van der Waals surface area contributed by atoms with Crippen molar-refractivity contribution in [3.63, 3.8) is 0 Å². The topological polar surface area (TPSA) is 114 Å². The molecule has 0 aliphatic heterocycles. The van der Waals surface area contributed by atoms with Crippen LogP contribution in [0.1, 0.15) is 64.2 Å². The third-order valence-corrected chi connectivity index (χ3v) is 5.94. The van der Waals surface area contributed by atoms with Crippen LogP contribution in [0.25, 0.3) is 0 Å². The fourth-order valence-corrected chi connectivity index (χ4v) is 3.39. The van der Waals surface area contributed by atoms with Crippen molar-refractivity contribution in [1.29, 1.82) is 0 Å². The highest BCUT2D eigenvalue weighted by molar-refractivity contribution is 5.97. The first kappa shape index (κ1) is 29.9. The van der Waals surface area contributed by atoms with Crippen LogP contribution in [-0.4, -0.2) is 44.2 Å². The Morgan fingerprint density at radius 3 is 2.02 bits per heavy atom. The van der Waals surface area contributed by atoms with Gasteiger partial charge in [0, 0.05) is 6.07 Å². The maximum Gasteiger partial charge on any atom is 0.343 e. The number of hydrogen-bond acceptors (Lipinski definition) is 9. The Labute approximate surface area is 233 Å². The summed E-state index contributed by atoms with van der Waals surface area (Å²) in [6.45, 7) is 4.54. The van der Waals surface area contributed by atoms with E-state index in [1.807, 2.05) is 13.8 Å². The molecule has 0 amide bonds. The number of rotatable bonds is 13. The normalized spacial score (nSPS) is 11.2. The zero-order valence-electron chi connectivity index (χ0n) is 22.7. The Bertz CT molecular complexity index is 1300. The molecular weight excluding hydrogens is 516 g/mol. The van der Waals surface area contributed by atoms with Gasteiger partial charge in [0.25, 0.3) is 0 Å². The van der Waals surface area contributed by atoms with Crippen LogP contribution < -0.4 is 14.2 Å². The average Bonchev–Trinajstić information content (AvgIpc) is 2.98. The summed E-state index contributed by atoms with van der Waals surface area (Å²) >= 11 is 0. The highest BCUT2D eigenvalue weighted by atomic mass is 16.6. The van der Waals surface area contributed by atoms with Crippen molar-refractivity contribution in [2.45, 2.75) is 33.1 Å². The Hall–Kier alpha value is -4.66. The first-order chi connectivity index (χ1) is 19.3. The van der Waals surface area contributed by atoms with E-state index in [-0.39, 0.29) is 34.5 Å². The monoisotopic (exact) mass is 548 g/mol. The molecule has 0 aliphatic carbocycles. The molecular formula is C31H32O9. The van der Waals surface area contributed by atoms with E-state index >= 15 is 0 Å². The standard InChI is InChI=1S/C31H32O9/c1-4-21(2)28(32)38-19-9-8-18-37-24-14-12-23(13-15-24)30(34)40-27-20-25(16-17-26(27)31(35)36-3)39-29(33)22-10-6-5-7-11-22/h5-7,10-17,20-21H,4,8-9,18-19H2,1-3H3. The third-order valence-electron chi connectivity index (χ3n) is 5.94. The fraction of sp³-hybridized carbons (Fsp3) is 0.290. The van der Waals surface area contributed by atoms with Gasteiger partial charge in [0.2, 0.25) is 0 Å². The summed E-state index contributed by atoms with van der Waals surface area (Å²) in [6, 6.07) is 18.7. The summed E-state index contributed by atoms with van der Waals surface area (Å²) in [6.07, 6.45) is 2.11. The van der Waals surface area contributed by atoms with Crippen molar-refractivity contribution in [2.75, 3.05) is 20.3 Å². The molecule has 3 rings (SSSR count). The third kappa shape index (κ3) is 8.69. The van der Waals surface area contributed by atoms with Gasteiger partial charge in [-0.25, -0.2) is 14.4 Å². The molecule has 9 heteroatoms. The first-order valence-electron chi connectivity index (χ1n) is 12.9. The van der Waals surface area contributed by atoms with Crippen LogP contribution in [-0.2, 0) is 14.3 Å². The molecule has 1 atom stereocenters. The minimum Gasteiger partial charge on any atom is -0.494 e. The summed E-state index contributed by atoms with van der Waals surface area (Å²) in [5, 5.41) is 0. The van der Waals surface area contributed by atoms with Crippen LogP contribution in [0, 0.1) is 5.92 Å². The number of carbonyl (C=O) groups is 4. The summed E-state index contributed by atoms with van der Waals surface area (Å²) in [7, 11) is 1.20. The maximum absolute atomic E-state index is 12.8. The van der Waals surface area contributed by atoms with E-state index in [1.165, 1.54) is 37.4 Å². The maximum atomic E-state index is 12.8. The van der Waals surface area contributed by atoms with Crippen molar-refractivity contribution >= 4 is 23.9 Å². The predicted octanol–water partition coefficient (Wildman–Crippen LogP) is 5.66. The van der Waals surface area contributed by atoms with Crippen molar-refractivity contribution in [3.05, 3.63) is 89.5 Å². The number of ether oxygens (including phenoxy) is 5. The van der Waals surface area contributed by atoms with Gasteiger partial charge in [0.1, 0.15) is 22.8 Å². The van der Waals surface area contributed by atoms with Gasteiger partial charge in [-0.15, -0.1) is 0 Å². The zero-order valence-corrected chi connectivity index (χ0v) is 22.7. The van der Waals surface area contributed by atoms with E-state index in [4.69, 9.17) is 23.7 Å². The molecule has 0 bridgehead atoms. The molecule has 0 fully saturated rings. The predicted molar refractivity (Wildman–Crippen MR) is 146 cm³/mol. The molecule has 9 nitrogen and oxygen atoms in total. The molecule has 3 aromatic carbocycles. The largest absolute Gasteiger partial charge is 0.494 e. The number of hydrogen-bond donors (Lipinski definition) is 0. The lowest BCUT2D eigenvalue weighted by Gasteiger charge is -2.12. The molecule has 0 heterocycles. The molecule has 0 saturated carbocycles. The van der Waals surface area contributed by atoms with E-state index in [0.29, 0.717) is 37.4 Å². The van der Waals surface area contributed by atoms with Crippen LogP contribution in [0.3, 0.4) is 0 Å². The molecule has 3 aromatic rings.